The maximum atomic E-state index is 12.9. The highest BCUT2D eigenvalue weighted by Crippen LogP contribution is 2.27. The van der Waals surface area contributed by atoms with E-state index in [-0.39, 0.29) is 48.7 Å². The van der Waals surface area contributed by atoms with E-state index in [1.807, 2.05) is 0 Å². The van der Waals surface area contributed by atoms with Gasteiger partial charge in [-0.25, -0.2) is 8.42 Å². The number of sulfonamides is 1. The van der Waals surface area contributed by atoms with Gasteiger partial charge in [-0.05, 0) is 44.0 Å². The maximum Gasteiger partial charge on any atom is 0.310 e. The molecule has 1 atom stereocenters. The molecule has 2 aliphatic heterocycles. The van der Waals surface area contributed by atoms with Crippen molar-refractivity contribution in [2.75, 3.05) is 24.6 Å². The van der Waals surface area contributed by atoms with E-state index in [4.69, 9.17) is 4.74 Å². The van der Waals surface area contributed by atoms with Gasteiger partial charge in [0, 0.05) is 25.9 Å². The zero-order chi connectivity index (χ0) is 19.6. The molecule has 2 amide bonds. The number of amides is 2. The summed E-state index contributed by atoms with van der Waals surface area (Å²) in [5.41, 5.74) is 0.365. The van der Waals surface area contributed by atoms with Gasteiger partial charge in [0.05, 0.1) is 23.1 Å². The fourth-order valence-electron chi connectivity index (χ4n) is 3.39. The largest absolute Gasteiger partial charge is 0.466 e. The molecule has 2 heterocycles. The Hall–Kier alpha value is -2.26. The van der Waals surface area contributed by atoms with Crippen LogP contribution >= 0.6 is 0 Å². The normalized spacial score (nSPS) is 21.5. The van der Waals surface area contributed by atoms with E-state index in [0.29, 0.717) is 25.1 Å². The number of nitrogens with zero attached hydrogens (tertiary/aromatic N) is 2. The predicted octanol–water partition coefficient (Wildman–Crippen LogP) is 1.30. The second-order valence-corrected chi connectivity index (χ2v) is 8.51. The van der Waals surface area contributed by atoms with E-state index >= 15 is 0 Å². The van der Waals surface area contributed by atoms with E-state index in [1.165, 1.54) is 28.6 Å². The number of imide groups is 1. The first-order valence-corrected chi connectivity index (χ1v) is 10.4. The molecule has 3 rings (SSSR count). The average molecular weight is 394 g/mol. The van der Waals surface area contributed by atoms with Crippen LogP contribution in [0.25, 0.3) is 0 Å². The molecule has 8 nitrogen and oxygen atoms in total. The molecule has 146 valence electrons. The Labute approximate surface area is 158 Å². The summed E-state index contributed by atoms with van der Waals surface area (Å²) in [6, 6.07) is 5.69. The fourth-order valence-corrected chi connectivity index (χ4v) is 4.92. The van der Waals surface area contributed by atoms with Crippen molar-refractivity contribution in [2.45, 2.75) is 37.5 Å². The molecule has 9 heteroatoms. The van der Waals surface area contributed by atoms with Gasteiger partial charge in [-0.2, -0.15) is 4.31 Å². The van der Waals surface area contributed by atoms with Gasteiger partial charge in [0.25, 0.3) is 0 Å². The highest BCUT2D eigenvalue weighted by molar-refractivity contribution is 7.89. The summed E-state index contributed by atoms with van der Waals surface area (Å²) in [5.74, 6) is -1.42. The Balaban J connectivity index is 1.77. The number of rotatable bonds is 5. The second-order valence-electron chi connectivity index (χ2n) is 6.57. The lowest BCUT2D eigenvalue weighted by atomic mass is 10.0. The first-order valence-electron chi connectivity index (χ1n) is 8.97. The SMILES string of the molecule is CCOC(=O)C1CCCN(S(=O)(=O)c2ccc(N3C(=O)CCC3=O)cc2)C1. The van der Waals surface area contributed by atoms with Crippen LogP contribution in [0.1, 0.15) is 32.6 Å². The Bertz CT molecular complexity index is 833. The van der Waals surface area contributed by atoms with Crippen LogP contribution in [0.15, 0.2) is 29.2 Å². The number of carbonyl (C=O) groups excluding carboxylic acids is 3. The molecule has 0 bridgehead atoms. The lowest BCUT2D eigenvalue weighted by Gasteiger charge is -2.30. The molecule has 0 N–H and O–H groups in total. The highest BCUT2D eigenvalue weighted by Gasteiger charge is 2.35. The van der Waals surface area contributed by atoms with E-state index in [1.54, 1.807) is 6.92 Å². The van der Waals surface area contributed by atoms with Gasteiger partial charge in [0.2, 0.25) is 21.8 Å². The van der Waals surface area contributed by atoms with Crippen LogP contribution in [0, 0.1) is 5.92 Å². The minimum Gasteiger partial charge on any atom is -0.466 e. The zero-order valence-electron chi connectivity index (χ0n) is 15.1. The van der Waals surface area contributed by atoms with Gasteiger partial charge in [0.15, 0.2) is 0 Å². The van der Waals surface area contributed by atoms with Crippen molar-refractivity contribution in [3.05, 3.63) is 24.3 Å². The number of benzene rings is 1. The number of ether oxygens (including phenoxy) is 1. The molecule has 2 fully saturated rings. The lowest BCUT2D eigenvalue weighted by Crippen LogP contribution is -2.42. The number of anilines is 1. The molecule has 0 radical (unpaired) electrons. The maximum absolute atomic E-state index is 12.9. The van der Waals surface area contributed by atoms with Gasteiger partial charge >= 0.3 is 5.97 Å². The third-order valence-electron chi connectivity index (χ3n) is 4.79. The molecule has 0 aliphatic carbocycles. The van der Waals surface area contributed by atoms with Gasteiger partial charge in [-0.1, -0.05) is 0 Å². The minimum atomic E-state index is -3.77. The number of hydrogen-bond donors (Lipinski definition) is 0. The standard InChI is InChI=1S/C18H22N2O6S/c1-2-26-18(23)13-4-3-11-19(12-13)27(24,25)15-7-5-14(6-8-15)20-16(21)9-10-17(20)22/h5-8,13H,2-4,9-12H2,1H3. The van der Waals surface area contributed by atoms with Crippen molar-refractivity contribution in [1.82, 2.24) is 4.31 Å². The molecule has 1 aromatic rings. The van der Waals surface area contributed by atoms with Crippen molar-refractivity contribution >= 4 is 33.5 Å². The summed E-state index contributed by atoms with van der Waals surface area (Å²) < 4.78 is 32.1. The molecular formula is C18H22N2O6S. The number of piperidine rings is 1. The monoisotopic (exact) mass is 394 g/mol. The van der Waals surface area contributed by atoms with Gasteiger partial charge in [0.1, 0.15) is 0 Å². The Morgan fingerprint density at radius 2 is 1.78 bits per heavy atom. The summed E-state index contributed by atoms with van der Waals surface area (Å²) in [6.45, 7) is 2.40. The van der Waals surface area contributed by atoms with E-state index in [0.717, 1.165) is 4.90 Å². The van der Waals surface area contributed by atoms with Crippen LogP contribution < -0.4 is 4.90 Å². The molecule has 0 aromatic heterocycles. The smallest absolute Gasteiger partial charge is 0.310 e. The average Bonchev–Trinajstić information content (AvgIpc) is 3.00. The van der Waals surface area contributed by atoms with E-state index in [2.05, 4.69) is 0 Å². The third kappa shape index (κ3) is 3.89. The molecule has 0 saturated carbocycles. The first kappa shape index (κ1) is 19.5. The van der Waals surface area contributed by atoms with Gasteiger partial charge < -0.3 is 4.74 Å². The van der Waals surface area contributed by atoms with Crippen LogP contribution in [0.3, 0.4) is 0 Å². The molecule has 1 aromatic carbocycles. The first-order chi connectivity index (χ1) is 12.8. The molecule has 0 spiro atoms. The van der Waals surface area contributed by atoms with Crippen LogP contribution in [-0.2, 0) is 29.1 Å². The topological polar surface area (TPSA) is 101 Å². The fraction of sp³-hybridized carbons (Fsp3) is 0.500. The number of esters is 1. The number of hydrogen-bond acceptors (Lipinski definition) is 6. The summed E-state index contributed by atoms with van der Waals surface area (Å²) in [6.07, 6.45) is 1.52. The molecule has 2 saturated heterocycles. The Morgan fingerprint density at radius 3 is 2.37 bits per heavy atom. The van der Waals surface area contributed by atoms with Crippen molar-refractivity contribution in [3.63, 3.8) is 0 Å². The summed E-state index contributed by atoms with van der Waals surface area (Å²) in [4.78, 5) is 36.7. The molecule has 27 heavy (non-hydrogen) atoms. The summed E-state index contributed by atoms with van der Waals surface area (Å²) in [5, 5.41) is 0. The van der Waals surface area contributed by atoms with Crippen LogP contribution in [0.4, 0.5) is 5.69 Å². The Kier molecular flexibility index (Phi) is 5.61. The second kappa shape index (κ2) is 7.77. The van der Waals surface area contributed by atoms with Crippen molar-refractivity contribution in [2.24, 2.45) is 5.92 Å². The lowest BCUT2D eigenvalue weighted by molar-refractivity contribution is -0.149. The molecule has 1 unspecified atom stereocenters. The van der Waals surface area contributed by atoms with Crippen molar-refractivity contribution in [3.8, 4) is 0 Å². The minimum absolute atomic E-state index is 0.0647. The van der Waals surface area contributed by atoms with Crippen LogP contribution in [0.5, 0.6) is 0 Å². The van der Waals surface area contributed by atoms with E-state index < -0.39 is 15.9 Å². The molecule has 2 aliphatic rings. The van der Waals surface area contributed by atoms with Gasteiger partial charge in [-0.3, -0.25) is 19.3 Å². The van der Waals surface area contributed by atoms with Crippen molar-refractivity contribution < 1.29 is 27.5 Å². The highest BCUT2D eigenvalue weighted by atomic mass is 32.2. The number of carbonyl (C=O) groups is 3. The van der Waals surface area contributed by atoms with E-state index in [9.17, 15) is 22.8 Å². The van der Waals surface area contributed by atoms with Crippen molar-refractivity contribution in [1.29, 1.82) is 0 Å². The van der Waals surface area contributed by atoms with Gasteiger partial charge in [-0.15, -0.1) is 0 Å². The zero-order valence-corrected chi connectivity index (χ0v) is 15.9. The van der Waals surface area contributed by atoms with Crippen LogP contribution in [0.2, 0.25) is 0 Å². The predicted molar refractivity (Wildman–Crippen MR) is 96.3 cm³/mol. The summed E-state index contributed by atoms with van der Waals surface area (Å²) in [7, 11) is -3.77. The quantitative estimate of drug-likeness (QED) is 0.551. The summed E-state index contributed by atoms with van der Waals surface area (Å²) >= 11 is 0. The molecular weight excluding hydrogens is 372 g/mol. The van der Waals surface area contributed by atoms with Crippen LogP contribution in [-0.4, -0.2) is 50.2 Å². The Morgan fingerprint density at radius 1 is 1.15 bits per heavy atom. The third-order valence-corrected chi connectivity index (χ3v) is 6.67.